The maximum absolute atomic E-state index is 11.6. The molecule has 0 radical (unpaired) electrons. The molecule has 0 spiro atoms. The topological polar surface area (TPSA) is 119 Å². The molecular formula is C11H12N6O2. The minimum atomic E-state index is -0.594. The van der Waals surface area contributed by atoms with E-state index in [4.69, 9.17) is 16.0 Å². The molecule has 0 saturated carbocycles. The lowest BCUT2D eigenvalue weighted by molar-refractivity contribution is 0.100. The molecule has 0 unspecified atom stereocenters. The van der Waals surface area contributed by atoms with E-state index < -0.39 is 5.91 Å². The molecule has 8 heteroatoms. The maximum Gasteiger partial charge on any atom is 0.251 e. The van der Waals surface area contributed by atoms with Crippen LogP contribution in [-0.4, -0.2) is 22.6 Å². The van der Waals surface area contributed by atoms with E-state index in [9.17, 15) is 4.79 Å². The fraction of sp³-hybridized carbons (Fsp3) is 0.273. The summed E-state index contributed by atoms with van der Waals surface area (Å²) in [7, 11) is 3.24. The highest BCUT2D eigenvalue weighted by molar-refractivity contribution is 6.07. The highest BCUT2D eigenvalue weighted by Gasteiger charge is 2.20. The molecule has 0 saturated heterocycles. The first-order valence-corrected chi connectivity index (χ1v) is 5.42. The van der Waals surface area contributed by atoms with Gasteiger partial charge in [-0.15, -0.1) is 0 Å². The number of azide groups is 1. The minimum absolute atomic E-state index is 0.0317. The van der Waals surface area contributed by atoms with Gasteiger partial charge in [-0.05, 0) is 11.6 Å². The van der Waals surface area contributed by atoms with Crippen molar-refractivity contribution in [2.45, 2.75) is 6.54 Å². The number of amides is 1. The zero-order chi connectivity index (χ0) is 14.0. The second-order valence-corrected chi connectivity index (χ2v) is 3.88. The van der Waals surface area contributed by atoms with E-state index >= 15 is 0 Å². The van der Waals surface area contributed by atoms with Gasteiger partial charge in [-0.1, -0.05) is 5.11 Å². The fourth-order valence-corrected chi connectivity index (χ4v) is 2.01. The van der Waals surface area contributed by atoms with Crippen molar-refractivity contribution in [2.75, 3.05) is 7.11 Å². The number of primary amides is 1. The summed E-state index contributed by atoms with van der Waals surface area (Å²) >= 11 is 0. The monoisotopic (exact) mass is 260 g/mol. The molecule has 0 bridgehead atoms. The number of pyridine rings is 1. The van der Waals surface area contributed by atoms with E-state index in [0.717, 1.165) is 0 Å². The Morgan fingerprint density at radius 3 is 3.00 bits per heavy atom. The average Bonchev–Trinajstić information content (AvgIpc) is 2.68. The molecule has 0 fully saturated rings. The van der Waals surface area contributed by atoms with E-state index in [0.29, 0.717) is 28.0 Å². The van der Waals surface area contributed by atoms with Crippen molar-refractivity contribution in [1.82, 2.24) is 9.55 Å². The molecule has 0 aliphatic heterocycles. The lowest BCUT2D eigenvalue weighted by Gasteiger charge is -2.01. The molecule has 0 aliphatic rings. The van der Waals surface area contributed by atoms with Gasteiger partial charge >= 0.3 is 0 Å². The van der Waals surface area contributed by atoms with Crippen LogP contribution in [0.3, 0.4) is 0 Å². The van der Waals surface area contributed by atoms with Crippen LogP contribution in [0.25, 0.3) is 21.5 Å². The lowest BCUT2D eigenvalue weighted by atomic mass is 10.1. The Morgan fingerprint density at radius 1 is 1.68 bits per heavy atom. The number of methoxy groups -OCH3 is 1. The smallest absolute Gasteiger partial charge is 0.251 e. The number of carbonyl (C=O) groups excluding carboxylic acids is 1. The number of nitrogens with two attached hydrogens (primary N) is 1. The number of ether oxygens (including phenoxy) is 1. The SMILES string of the molecule is COc1cnc2c(c1)c(C(N)=O)c(CN=[N+]=[N-])n2C. The van der Waals surface area contributed by atoms with Gasteiger partial charge in [0.1, 0.15) is 11.4 Å². The van der Waals surface area contributed by atoms with Gasteiger partial charge in [0.15, 0.2) is 0 Å². The third-order valence-electron chi connectivity index (χ3n) is 2.89. The summed E-state index contributed by atoms with van der Waals surface area (Å²) in [5.41, 5.74) is 15.2. The predicted octanol–water partition coefficient (Wildman–Crippen LogP) is 1.49. The Kier molecular flexibility index (Phi) is 3.26. The van der Waals surface area contributed by atoms with E-state index in [1.807, 2.05) is 0 Å². The number of fused-ring (bicyclic) bond motifs is 1. The van der Waals surface area contributed by atoms with Gasteiger partial charge in [0.2, 0.25) is 0 Å². The summed E-state index contributed by atoms with van der Waals surface area (Å²) < 4.78 is 6.77. The molecule has 0 atom stereocenters. The van der Waals surface area contributed by atoms with Crippen molar-refractivity contribution in [3.63, 3.8) is 0 Å². The van der Waals surface area contributed by atoms with Crippen LogP contribution in [0.4, 0.5) is 0 Å². The van der Waals surface area contributed by atoms with E-state index in [1.54, 1.807) is 23.9 Å². The van der Waals surface area contributed by atoms with E-state index in [1.165, 1.54) is 7.11 Å². The Balaban J connectivity index is 2.79. The average molecular weight is 260 g/mol. The van der Waals surface area contributed by atoms with Crippen LogP contribution in [0.2, 0.25) is 0 Å². The maximum atomic E-state index is 11.6. The summed E-state index contributed by atoms with van der Waals surface area (Å²) in [6, 6.07) is 1.68. The molecule has 0 aromatic carbocycles. The molecule has 2 aromatic rings. The summed E-state index contributed by atoms with van der Waals surface area (Å²) in [6.07, 6.45) is 1.55. The second kappa shape index (κ2) is 4.87. The molecule has 8 nitrogen and oxygen atoms in total. The van der Waals surface area contributed by atoms with Gasteiger partial charge in [0, 0.05) is 23.0 Å². The number of aromatic nitrogens is 2. The summed E-state index contributed by atoms with van der Waals surface area (Å²) in [6.45, 7) is 0.0317. The Labute approximate surface area is 108 Å². The largest absolute Gasteiger partial charge is 0.495 e. The molecule has 2 N–H and O–H groups in total. The third-order valence-corrected chi connectivity index (χ3v) is 2.89. The van der Waals surface area contributed by atoms with E-state index in [2.05, 4.69) is 15.0 Å². The standard InChI is InChI=1S/C11H12N6O2/c1-17-8(5-15-16-13)9(10(12)18)7-3-6(19-2)4-14-11(7)17/h3-4H,5H2,1-2H3,(H2,12,18). The first-order chi connectivity index (χ1) is 9.10. The number of hydrogen-bond acceptors (Lipinski definition) is 4. The van der Waals surface area contributed by atoms with Crippen molar-refractivity contribution in [3.05, 3.63) is 34.0 Å². The van der Waals surface area contributed by atoms with Crippen LogP contribution >= 0.6 is 0 Å². The van der Waals surface area contributed by atoms with Crippen LogP contribution in [0.1, 0.15) is 16.1 Å². The molecule has 1 amide bonds. The third kappa shape index (κ3) is 2.04. The molecule has 19 heavy (non-hydrogen) atoms. The first kappa shape index (κ1) is 12.7. The van der Waals surface area contributed by atoms with Gasteiger partial charge in [0.05, 0.1) is 25.4 Å². The predicted molar refractivity (Wildman–Crippen MR) is 68.6 cm³/mol. The Hall–Kier alpha value is -2.73. The summed E-state index contributed by atoms with van der Waals surface area (Å²) in [5.74, 6) is -0.0697. The molecule has 2 rings (SSSR count). The quantitative estimate of drug-likeness (QED) is 0.509. The van der Waals surface area contributed by atoms with Gasteiger partial charge in [-0.2, -0.15) is 0 Å². The van der Waals surface area contributed by atoms with Gasteiger partial charge in [0.25, 0.3) is 5.91 Å². The lowest BCUT2D eigenvalue weighted by Crippen LogP contribution is -2.13. The molecule has 0 aliphatic carbocycles. The van der Waals surface area contributed by atoms with Crippen molar-refractivity contribution >= 4 is 16.9 Å². The minimum Gasteiger partial charge on any atom is -0.495 e. The van der Waals surface area contributed by atoms with Crippen molar-refractivity contribution in [1.29, 1.82) is 0 Å². The van der Waals surface area contributed by atoms with E-state index in [-0.39, 0.29) is 6.54 Å². The van der Waals surface area contributed by atoms with Crippen LogP contribution in [0, 0.1) is 0 Å². The zero-order valence-corrected chi connectivity index (χ0v) is 10.5. The van der Waals surface area contributed by atoms with Crippen molar-refractivity contribution in [3.8, 4) is 5.75 Å². The Bertz CT molecular complexity index is 699. The highest BCUT2D eigenvalue weighted by Crippen LogP contribution is 2.27. The van der Waals surface area contributed by atoms with Crippen molar-refractivity contribution < 1.29 is 9.53 Å². The van der Waals surface area contributed by atoms with Crippen LogP contribution in [0.5, 0.6) is 5.75 Å². The fourth-order valence-electron chi connectivity index (χ4n) is 2.01. The zero-order valence-electron chi connectivity index (χ0n) is 10.5. The molecule has 98 valence electrons. The van der Waals surface area contributed by atoms with Gasteiger partial charge in [-0.3, -0.25) is 4.79 Å². The van der Waals surface area contributed by atoms with Gasteiger partial charge < -0.3 is 15.0 Å². The molecular weight excluding hydrogens is 248 g/mol. The molecule has 2 heterocycles. The Morgan fingerprint density at radius 2 is 2.42 bits per heavy atom. The summed E-state index contributed by atoms with van der Waals surface area (Å²) in [4.78, 5) is 18.5. The van der Waals surface area contributed by atoms with Crippen LogP contribution in [-0.2, 0) is 13.6 Å². The van der Waals surface area contributed by atoms with Gasteiger partial charge in [-0.25, -0.2) is 4.98 Å². The number of hydrogen-bond donors (Lipinski definition) is 1. The highest BCUT2D eigenvalue weighted by atomic mass is 16.5. The number of carbonyl (C=O) groups is 1. The van der Waals surface area contributed by atoms with Crippen LogP contribution in [0.15, 0.2) is 17.4 Å². The second-order valence-electron chi connectivity index (χ2n) is 3.88. The van der Waals surface area contributed by atoms with Crippen LogP contribution < -0.4 is 10.5 Å². The first-order valence-electron chi connectivity index (χ1n) is 5.42. The number of nitrogens with zero attached hydrogens (tertiary/aromatic N) is 5. The van der Waals surface area contributed by atoms with Crippen molar-refractivity contribution in [2.24, 2.45) is 17.9 Å². The number of rotatable bonds is 4. The molecule has 2 aromatic heterocycles. The normalized spacial score (nSPS) is 10.2. The number of aryl methyl sites for hydroxylation is 1. The summed E-state index contributed by atoms with van der Waals surface area (Å²) in [5, 5.41) is 4.06.